The van der Waals surface area contributed by atoms with Crippen LogP contribution in [0.1, 0.15) is 15.9 Å². The zero-order chi connectivity index (χ0) is 24.5. The number of nitrogens with one attached hydrogen (secondary N) is 2. The molecule has 0 aromatic heterocycles. The van der Waals surface area contributed by atoms with Crippen LogP contribution in [0.25, 0.3) is 11.1 Å². The average molecular weight is 478 g/mol. The van der Waals surface area contributed by atoms with Gasteiger partial charge in [0.05, 0.1) is 21.2 Å². The normalized spacial score (nSPS) is 12.7. The number of anilines is 2. The van der Waals surface area contributed by atoms with Gasteiger partial charge in [-0.05, 0) is 90.3 Å². The van der Waals surface area contributed by atoms with E-state index in [4.69, 9.17) is 10.5 Å². The molecule has 0 saturated carbocycles. The maximum absolute atomic E-state index is 13.6. The van der Waals surface area contributed by atoms with Gasteiger partial charge in [0, 0.05) is 5.56 Å². The summed E-state index contributed by atoms with van der Waals surface area (Å²) in [5, 5.41) is 2.75. The number of nitrogens with two attached hydrogens (primary N) is 1. The average Bonchev–Trinajstić information content (AvgIpc) is 2.82. The zero-order valence-corrected chi connectivity index (χ0v) is 19.0. The van der Waals surface area contributed by atoms with Crippen LogP contribution in [0, 0.1) is 23.3 Å². The van der Waals surface area contributed by atoms with Gasteiger partial charge in [-0.1, -0.05) is 18.2 Å². The third-order valence-electron chi connectivity index (χ3n) is 5.39. The minimum absolute atomic E-state index is 0.189. The molecule has 0 aliphatic heterocycles. The highest BCUT2D eigenvalue weighted by molar-refractivity contribution is 7.92. The molecule has 1 amide bonds. The monoisotopic (exact) mass is 477 g/mol. The van der Waals surface area contributed by atoms with Gasteiger partial charge in [-0.25, -0.2) is 17.8 Å². The van der Waals surface area contributed by atoms with Crippen LogP contribution in [0.2, 0.25) is 0 Å². The molecular weight excluding hydrogens is 456 g/mol. The Labute approximate surface area is 196 Å². The van der Waals surface area contributed by atoms with Crippen molar-refractivity contribution in [1.29, 1.82) is 4.78 Å². The minimum atomic E-state index is -3.37. The van der Waals surface area contributed by atoms with Crippen LogP contribution < -0.4 is 11.1 Å². The molecule has 172 valence electrons. The number of carbonyl (C=O) groups is 1. The summed E-state index contributed by atoms with van der Waals surface area (Å²) in [4.78, 5) is 13.2. The lowest BCUT2D eigenvalue weighted by Crippen LogP contribution is -2.13. The van der Waals surface area contributed by atoms with Crippen molar-refractivity contribution in [3.05, 3.63) is 108 Å². The van der Waals surface area contributed by atoms with E-state index in [-0.39, 0.29) is 21.2 Å². The van der Waals surface area contributed by atoms with E-state index in [1.54, 1.807) is 37.3 Å². The Morgan fingerprint density at radius 1 is 0.853 bits per heavy atom. The first-order valence-electron chi connectivity index (χ1n) is 10.3. The second kappa shape index (κ2) is 9.07. The summed E-state index contributed by atoms with van der Waals surface area (Å²) in [6.07, 6.45) is 0. The molecule has 4 rings (SSSR count). The second-order valence-corrected chi connectivity index (χ2v) is 9.81. The lowest BCUT2D eigenvalue weighted by Gasteiger charge is -2.12. The Kier molecular flexibility index (Phi) is 6.17. The van der Waals surface area contributed by atoms with Gasteiger partial charge in [0.15, 0.2) is 0 Å². The number of halogens is 2. The molecule has 0 heterocycles. The highest BCUT2D eigenvalue weighted by atomic mass is 32.2. The minimum Gasteiger partial charge on any atom is -0.397 e. The SMILES string of the molecule is Cc1cc(S(=N)(=O)c2ccc(C(=O)Nc3cc(-c4ccc(F)cc4)ccc3N)cc2)ccc1F. The molecule has 0 aliphatic carbocycles. The molecule has 0 aliphatic rings. The fourth-order valence-corrected chi connectivity index (χ4v) is 4.80. The van der Waals surface area contributed by atoms with Gasteiger partial charge < -0.3 is 11.1 Å². The maximum atomic E-state index is 13.6. The quantitative estimate of drug-likeness (QED) is 0.297. The fourth-order valence-electron chi connectivity index (χ4n) is 3.41. The van der Waals surface area contributed by atoms with Crippen molar-refractivity contribution >= 4 is 27.0 Å². The Hall–Kier alpha value is -4.04. The number of benzene rings is 4. The fraction of sp³-hybridized carbons (Fsp3) is 0.0385. The number of rotatable bonds is 5. The second-order valence-electron chi connectivity index (χ2n) is 7.75. The standard InChI is InChI=1S/C26H21F2N3O2S/c1-16-14-22(11-12-23(16)28)34(30,33)21-9-4-18(5-10-21)26(32)31-25-15-19(6-13-24(25)29)17-2-7-20(27)8-3-17/h2-15,30H,29H2,1H3,(H,31,32). The Morgan fingerprint density at radius 3 is 2.12 bits per heavy atom. The van der Waals surface area contributed by atoms with E-state index in [1.807, 2.05) is 0 Å². The van der Waals surface area contributed by atoms with Crippen molar-refractivity contribution in [2.24, 2.45) is 0 Å². The van der Waals surface area contributed by atoms with E-state index in [2.05, 4.69) is 5.32 Å². The van der Waals surface area contributed by atoms with Gasteiger partial charge in [-0.3, -0.25) is 4.79 Å². The van der Waals surface area contributed by atoms with Crippen molar-refractivity contribution in [2.45, 2.75) is 16.7 Å². The van der Waals surface area contributed by atoms with Crippen LogP contribution >= 0.6 is 0 Å². The molecule has 0 bridgehead atoms. The Balaban J connectivity index is 1.56. The highest BCUT2D eigenvalue weighted by Gasteiger charge is 2.16. The summed E-state index contributed by atoms with van der Waals surface area (Å²) in [5.41, 5.74) is 8.87. The number of aryl methyl sites for hydroxylation is 1. The van der Waals surface area contributed by atoms with E-state index >= 15 is 0 Å². The van der Waals surface area contributed by atoms with Gasteiger partial charge >= 0.3 is 0 Å². The molecule has 5 nitrogen and oxygen atoms in total. The summed E-state index contributed by atoms with van der Waals surface area (Å²) in [6.45, 7) is 1.54. The zero-order valence-electron chi connectivity index (χ0n) is 18.1. The van der Waals surface area contributed by atoms with Crippen LogP contribution in [0.5, 0.6) is 0 Å². The topological polar surface area (TPSA) is 96.0 Å². The summed E-state index contributed by atoms with van der Waals surface area (Å²) >= 11 is 0. The van der Waals surface area contributed by atoms with Gasteiger partial charge in [0.1, 0.15) is 21.4 Å². The molecule has 34 heavy (non-hydrogen) atoms. The molecule has 4 aromatic rings. The molecule has 1 unspecified atom stereocenters. The number of hydrogen-bond donors (Lipinski definition) is 3. The van der Waals surface area contributed by atoms with Gasteiger partial charge in [0.2, 0.25) is 0 Å². The summed E-state index contributed by atoms with van der Waals surface area (Å²) in [6, 6.07) is 20.8. The third-order valence-corrected chi connectivity index (χ3v) is 7.24. The first-order valence-corrected chi connectivity index (χ1v) is 11.8. The van der Waals surface area contributed by atoms with Crippen LogP contribution in [0.4, 0.5) is 20.2 Å². The van der Waals surface area contributed by atoms with Crippen LogP contribution in [-0.2, 0) is 9.73 Å². The molecular formula is C26H21F2N3O2S. The first kappa shape index (κ1) is 23.1. The van der Waals surface area contributed by atoms with Gasteiger partial charge in [-0.2, -0.15) is 0 Å². The van der Waals surface area contributed by atoms with Crippen LogP contribution in [0.3, 0.4) is 0 Å². The molecule has 1 atom stereocenters. The molecule has 0 spiro atoms. The number of amides is 1. The van der Waals surface area contributed by atoms with Crippen molar-refractivity contribution in [3.8, 4) is 11.1 Å². The van der Waals surface area contributed by atoms with Crippen molar-refractivity contribution in [1.82, 2.24) is 0 Å². The van der Waals surface area contributed by atoms with E-state index in [0.717, 1.165) is 11.1 Å². The summed E-state index contributed by atoms with van der Waals surface area (Å²) in [5.74, 6) is -1.22. The predicted molar refractivity (Wildman–Crippen MR) is 129 cm³/mol. The molecule has 4 N–H and O–H groups in total. The number of carbonyl (C=O) groups excluding carboxylic acids is 1. The van der Waals surface area contributed by atoms with Gasteiger partial charge in [-0.15, -0.1) is 0 Å². The molecule has 0 saturated heterocycles. The Bertz CT molecular complexity index is 1480. The van der Waals surface area contributed by atoms with E-state index in [9.17, 15) is 17.8 Å². The number of nitrogen functional groups attached to an aromatic ring is 1. The molecule has 4 aromatic carbocycles. The summed E-state index contributed by atoms with van der Waals surface area (Å²) in [7, 11) is -3.37. The van der Waals surface area contributed by atoms with Crippen molar-refractivity contribution < 1.29 is 17.8 Å². The number of hydrogen-bond acceptors (Lipinski definition) is 4. The largest absolute Gasteiger partial charge is 0.397 e. The first-order chi connectivity index (χ1) is 16.1. The highest BCUT2D eigenvalue weighted by Crippen LogP contribution is 2.28. The van der Waals surface area contributed by atoms with Crippen molar-refractivity contribution in [2.75, 3.05) is 11.1 Å². The lowest BCUT2D eigenvalue weighted by molar-refractivity contribution is 0.102. The molecule has 0 radical (unpaired) electrons. The summed E-state index contributed by atoms with van der Waals surface area (Å²) < 4.78 is 48.2. The van der Waals surface area contributed by atoms with Crippen molar-refractivity contribution in [3.63, 3.8) is 0 Å². The predicted octanol–water partition coefficient (Wildman–Crippen LogP) is 6.24. The maximum Gasteiger partial charge on any atom is 0.255 e. The molecule has 0 fully saturated rings. The van der Waals surface area contributed by atoms with E-state index in [1.165, 1.54) is 54.6 Å². The van der Waals surface area contributed by atoms with E-state index in [0.29, 0.717) is 16.9 Å². The van der Waals surface area contributed by atoms with Crippen LogP contribution in [-0.4, -0.2) is 10.1 Å². The van der Waals surface area contributed by atoms with Gasteiger partial charge in [0.25, 0.3) is 5.91 Å². The lowest BCUT2D eigenvalue weighted by atomic mass is 10.0. The Morgan fingerprint density at radius 2 is 1.47 bits per heavy atom. The third kappa shape index (κ3) is 4.67. The van der Waals surface area contributed by atoms with Crippen LogP contribution in [0.15, 0.2) is 94.7 Å². The molecule has 8 heteroatoms. The van der Waals surface area contributed by atoms with E-state index < -0.39 is 21.5 Å². The smallest absolute Gasteiger partial charge is 0.255 e.